The molecule has 9 aromatic rings. The first-order chi connectivity index (χ1) is 37.7. The third-order valence-corrected chi connectivity index (χ3v) is 11.1. The number of nitrogen functional groups attached to an aromatic ring is 1. The first-order valence-corrected chi connectivity index (χ1v) is 24.6. The fourth-order valence-corrected chi connectivity index (χ4v) is 7.53. The summed E-state index contributed by atoms with van der Waals surface area (Å²) in [6, 6.07) is 20.6. The Kier molecular flexibility index (Phi) is 18.9. The molecule has 8 heterocycles. The molecule has 0 aliphatic carbocycles. The Labute approximate surface area is 461 Å². The van der Waals surface area contributed by atoms with Crippen molar-refractivity contribution in [2.45, 2.75) is 104 Å². The number of nitrogens with two attached hydrogens (primary N) is 2. The number of benzene rings is 1. The van der Waals surface area contributed by atoms with Crippen molar-refractivity contribution in [2.75, 3.05) is 5.73 Å². The summed E-state index contributed by atoms with van der Waals surface area (Å²) in [6.45, 7) is 12.1. The summed E-state index contributed by atoms with van der Waals surface area (Å²) in [6.07, 6.45) is -4.81. The van der Waals surface area contributed by atoms with Crippen molar-refractivity contribution >= 4 is 63.1 Å². The van der Waals surface area contributed by atoms with Crippen LogP contribution in [0.4, 0.5) is 54.9 Å². The van der Waals surface area contributed by atoms with E-state index in [0.717, 1.165) is 35.2 Å². The average molecular weight is 1160 g/mol. The maximum atomic E-state index is 13.3. The van der Waals surface area contributed by atoms with Gasteiger partial charge in [0.05, 0.1) is 39.5 Å². The molecule has 0 bridgehead atoms. The minimum absolute atomic E-state index is 0.0141. The lowest BCUT2D eigenvalue weighted by Crippen LogP contribution is -2.29. The van der Waals surface area contributed by atoms with Crippen LogP contribution in [0.25, 0.3) is 27.5 Å². The molecule has 430 valence electrons. The molecule has 1 aromatic carbocycles. The van der Waals surface area contributed by atoms with E-state index in [1.165, 1.54) is 37.1 Å². The molecule has 8 aromatic heterocycles. The zero-order chi connectivity index (χ0) is 59.8. The van der Waals surface area contributed by atoms with E-state index in [2.05, 4.69) is 35.0 Å². The Hall–Kier alpha value is -8.52. The highest BCUT2D eigenvalue weighted by atomic mass is 35.5. The van der Waals surface area contributed by atoms with E-state index in [1.54, 1.807) is 96.4 Å². The normalized spacial score (nSPS) is 12.0. The molecule has 0 unspecified atom stereocenters. The second-order valence-electron chi connectivity index (χ2n) is 19.6. The quantitative estimate of drug-likeness (QED) is 0.0769. The molecule has 0 atom stereocenters. The molecule has 0 radical (unpaired) electrons. The minimum Gasteiger partial charge on any atom is -0.428 e. The molecule has 17 nitrogen and oxygen atoms in total. The number of hydrogen-bond acceptors (Lipinski definition) is 13. The number of imidazole rings is 3. The zero-order valence-corrected chi connectivity index (χ0v) is 45.0. The number of amides is 1. The highest BCUT2D eigenvalue weighted by Crippen LogP contribution is 2.33. The summed E-state index contributed by atoms with van der Waals surface area (Å²) >= 11 is 6.04. The summed E-state index contributed by atoms with van der Waals surface area (Å²) in [4.78, 5) is 53.5. The van der Waals surface area contributed by atoms with Crippen molar-refractivity contribution < 1.29 is 68.1 Å². The maximum absolute atomic E-state index is 13.3. The maximum Gasteiger partial charge on any atom is 0.519 e. The van der Waals surface area contributed by atoms with Gasteiger partial charge in [-0.2, -0.15) is 39.5 Å². The molecule has 0 fully saturated rings. The largest absolute Gasteiger partial charge is 0.519 e. The van der Waals surface area contributed by atoms with E-state index in [4.69, 9.17) is 32.5 Å². The van der Waals surface area contributed by atoms with Crippen molar-refractivity contribution in [1.29, 1.82) is 0 Å². The number of alkyl halides is 9. The second kappa shape index (κ2) is 24.9. The number of aryl methyl sites for hydroxylation is 1. The number of carbonyl (C=O) groups excluding carboxylic acids is 3. The fraction of sp³-hybridized carbons (Fsp3) is 0.296. The van der Waals surface area contributed by atoms with Gasteiger partial charge in [-0.1, -0.05) is 42.8 Å². The second-order valence-corrected chi connectivity index (χ2v) is 20.0. The predicted octanol–water partition coefficient (Wildman–Crippen LogP) is 12.7. The van der Waals surface area contributed by atoms with Gasteiger partial charge >= 0.3 is 30.8 Å². The molecule has 0 aliphatic heterocycles. The smallest absolute Gasteiger partial charge is 0.428 e. The Morgan fingerprint density at radius 3 is 1.69 bits per heavy atom. The molecule has 9 rings (SSSR count). The van der Waals surface area contributed by atoms with Crippen LogP contribution in [0.5, 0.6) is 0 Å². The van der Waals surface area contributed by atoms with Crippen LogP contribution < -0.4 is 16.8 Å². The van der Waals surface area contributed by atoms with E-state index >= 15 is 0 Å². The van der Waals surface area contributed by atoms with E-state index in [1.807, 2.05) is 31.2 Å². The van der Waals surface area contributed by atoms with Crippen molar-refractivity contribution in [3.63, 3.8) is 0 Å². The van der Waals surface area contributed by atoms with Crippen LogP contribution >= 0.6 is 11.6 Å². The number of pyridine rings is 5. The lowest BCUT2D eigenvalue weighted by molar-refractivity contribution is -0.146. The standard InChI is InChI=1S/C25H18ClF3N6O.C10H9F3N2.C10H18O5.C9H8F3N3/c26-18-9-17-7-14(1-3-20(17)32-12-18)8-19-10-16(5-6-31-19)23(36)33-11-15-2-4-21-22(30)34-24(25(27,28)29)35(21)13-15;1-2-7-3-4-8-5-14-9(10(11,12)13)15(8)6-7;1-9(2,3)14-7(11)13-8(12)15-10(4,5)6;10-9(11,12)8-14-4-7-2-1-6(3-13)5-15(7)8/h1-7,9-10,12-13H,8,11,30H2,(H,33,36);3-6H,2H2,1H3;1-6H3;1-2,4-5H,3,13H2. The number of rotatable bonds is 7. The van der Waals surface area contributed by atoms with Gasteiger partial charge in [-0.05, 0) is 119 Å². The number of aromatic nitrogens is 8. The van der Waals surface area contributed by atoms with Gasteiger partial charge in [0.1, 0.15) is 17.0 Å². The SMILES string of the molecule is CC(C)(C)OC(=O)OC(=O)OC(C)(C)C.CCc1ccc2cnc(C(F)(F)F)n2c1.NCc1ccc2cnc(C(F)(F)F)n2c1.Nc1nc(C(F)(F)F)n2cc(CNC(=O)c3ccnc(Cc4ccc5ncc(Cl)cc5c4)c3)ccc12. The first-order valence-electron chi connectivity index (χ1n) is 24.2. The summed E-state index contributed by atoms with van der Waals surface area (Å²) < 4.78 is 131. The van der Waals surface area contributed by atoms with Crippen LogP contribution in [-0.2, 0) is 58.7 Å². The molecular weight excluding hydrogens is 1110 g/mol. The first kappa shape index (κ1) is 61.7. The highest BCUT2D eigenvalue weighted by molar-refractivity contribution is 6.31. The van der Waals surface area contributed by atoms with Crippen LogP contribution in [0.1, 0.15) is 104 Å². The summed E-state index contributed by atoms with van der Waals surface area (Å²) in [5, 5.41) is 4.18. The summed E-state index contributed by atoms with van der Waals surface area (Å²) in [5.74, 6) is -3.50. The molecule has 0 aliphatic rings. The van der Waals surface area contributed by atoms with Gasteiger partial charge in [-0.15, -0.1) is 0 Å². The topological polar surface area (TPSA) is 221 Å². The van der Waals surface area contributed by atoms with E-state index in [-0.39, 0.29) is 30.3 Å². The summed E-state index contributed by atoms with van der Waals surface area (Å²) in [7, 11) is 0. The number of hydrogen-bond donors (Lipinski definition) is 3. The van der Waals surface area contributed by atoms with Crippen LogP contribution in [0.2, 0.25) is 5.02 Å². The highest BCUT2D eigenvalue weighted by Gasteiger charge is 2.38. The number of carbonyl (C=O) groups is 3. The fourth-order valence-electron chi connectivity index (χ4n) is 7.36. The van der Waals surface area contributed by atoms with Gasteiger partial charge < -0.3 is 31.0 Å². The number of halogens is 10. The van der Waals surface area contributed by atoms with Gasteiger partial charge in [-0.3, -0.25) is 28.0 Å². The van der Waals surface area contributed by atoms with Gasteiger partial charge in [0.15, 0.2) is 0 Å². The summed E-state index contributed by atoms with van der Waals surface area (Å²) in [5.41, 5.74) is 15.4. The molecule has 0 saturated carbocycles. The van der Waals surface area contributed by atoms with Gasteiger partial charge in [0.2, 0.25) is 17.5 Å². The molecule has 5 N–H and O–H groups in total. The molecule has 1 amide bonds. The van der Waals surface area contributed by atoms with Gasteiger partial charge in [-0.25, -0.2) is 24.5 Å². The lowest BCUT2D eigenvalue weighted by Gasteiger charge is -2.20. The van der Waals surface area contributed by atoms with E-state index in [9.17, 15) is 53.9 Å². The number of ether oxygens (including phenoxy) is 3. The number of nitrogens with zero attached hydrogens (tertiary/aromatic N) is 8. The molecule has 81 heavy (non-hydrogen) atoms. The van der Waals surface area contributed by atoms with Crippen LogP contribution in [-0.4, -0.2) is 67.5 Å². The van der Waals surface area contributed by atoms with E-state index in [0.29, 0.717) is 51.3 Å². The Morgan fingerprint density at radius 2 is 1.15 bits per heavy atom. The van der Waals surface area contributed by atoms with E-state index < -0.39 is 59.5 Å². The van der Waals surface area contributed by atoms with Gasteiger partial charge in [0.25, 0.3) is 5.91 Å². The molecular formula is C54H53ClF9N11O6. The Morgan fingerprint density at radius 1 is 0.617 bits per heavy atom. The lowest BCUT2D eigenvalue weighted by atomic mass is 10.0. The predicted molar refractivity (Wildman–Crippen MR) is 281 cm³/mol. The third kappa shape index (κ3) is 17.2. The molecule has 0 spiro atoms. The van der Waals surface area contributed by atoms with Gasteiger partial charge in [0, 0.05) is 67.1 Å². The third-order valence-electron chi connectivity index (χ3n) is 10.9. The van der Waals surface area contributed by atoms with Crippen LogP contribution in [0, 0.1) is 0 Å². The number of nitrogens with one attached hydrogen (secondary N) is 1. The monoisotopic (exact) mass is 1160 g/mol. The van der Waals surface area contributed by atoms with Crippen molar-refractivity contribution in [3.8, 4) is 0 Å². The van der Waals surface area contributed by atoms with Crippen LogP contribution in [0.3, 0.4) is 0 Å². The average Bonchev–Trinajstić information content (AvgIpc) is 4.30. The van der Waals surface area contributed by atoms with Crippen molar-refractivity contribution in [2.24, 2.45) is 5.73 Å². The number of anilines is 1. The zero-order valence-electron chi connectivity index (χ0n) is 44.3. The van der Waals surface area contributed by atoms with Crippen molar-refractivity contribution in [3.05, 3.63) is 172 Å². The Balaban J connectivity index is 0.000000195. The molecule has 27 heteroatoms. The number of fused-ring (bicyclic) bond motifs is 4. The molecule has 0 saturated heterocycles. The minimum atomic E-state index is -4.66. The Bertz CT molecular complexity index is 3580. The van der Waals surface area contributed by atoms with Crippen molar-refractivity contribution in [1.82, 2.24) is 43.4 Å². The van der Waals surface area contributed by atoms with Crippen LogP contribution in [0.15, 0.2) is 116 Å².